The molecule has 2 aromatic rings. The van der Waals surface area contributed by atoms with Crippen molar-refractivity contribution in [3.63, 3.8) is 0 Å². The summed E-state index contributed by atoms with van der Waals surface area (Å²) in [6.45, 7) is 7.54. The highest BCUT2D eigenvalue weighted by Gasteiger charge is 2.13. The maximum absolute atomic E-state index is 14.1. The number of aryl methyl sites for hydroxylation is 1. The lowest BCUT2D eigenvalue weighted by Crippen LogP contribution is -2.20. The number of aromatic nitrogens is 3. The smallest absolute Gasteiger partial charge is 0.195 e. The Hall–Kier alpha value is -1.40. The first-order chi connectivity index (χ1) is 9.99. The van der Waals surface area contributed by atoms with Gasteiger partial charge in [-0.05, 0) is 43.3 Å². The van der Waals surface area contributed by atoms with Crippen molar-refractivity contribution in [2.75, 3.05) is 6.54 Å². The van der Waals surface area contributed by atoms with E-state index in [1.54, 1.807) is 6.07 Å². The van der Waals surface area contributed by atoms with Crippen molar-refractivity contribution in [2.45, 2.75) is 37.4 Å². The molecule has 0 fully saturated rings. The molecule has 1 heterocycles. The van der Waals surface area contributed by atoms with Gasteiger partial charge in [-0.1, -0.05) is 19.9 Å². The molecule has 1 N–H and O–H groups in total. The number of nitrogens with one attached hydrogen (secondary N) is 1. The van der Waals surface area contributed by atoms with Gasteiger partial charge in [-0.3, -0.25) is 0 Å². The zero-order valence-corrected chi connectivity index (χ0v) is 13.7. The Morgan fingerprint density at radius 2 is 2.10 bits per heavy atom. The van der Waals surface area contributed by atoms with Crippen molar-refractivity contribution >= 4 is 11.8 Å². The normalized spacial score (nSPS) is 11.3. The molecule has 21 heavy (non-hydrogen) atoms. The average Bonchev–Trinajstić information content (AvgIpc) is 2.73. The Kier molecular flexibility index (Phi) is 5.36. The predicted molar refractivity (Wildman–Crippen MR) is 82.8 cm³/mol. The van der Waals surface area contributed by atoms with Crippen LogP contribution in [-0.4, -0.2) is 21.3 Å². The van der Waals surface area contributed by atoms with Crippen LogP contribution in [0.25, 0.3) is 0 Å². The summed E-state index contributed by atoms with van der Waals surface area (Å²) in [5, 5.41) is 12.2. The van der Waals surface area contributed by atoms with E-state index >= 15 is 0 Å². The molecule has 0 saturated carbocycles. The van der Waals surface area contributed by atoms with Crippen LogP contribution >= 0.6 is 11.8 Å². The van der Waals surface area contributed by atoms with Gasteiger partial charge < -0.3 is 9.88 Å². The lowest BCUT2D eigenvalue weighted by molar-refractivity contribution is 0.530. The molecule has 1 aromatic heterocycles. The van der Waals surface area contributed by atoms with Crippen LogP contribution < -0.4 is 5.32 Å². The van der Waals surface area contributed by atoms with E-state index in [4.69, 9.17) is 0 Å². The quantitative estimate of drug-likeness (QED) is 0.890. The molecule has 0 aliphatic heterocycles. The third-order valence-corrected chi connectivity index (χ3v) is 4.32. The van der Waals surface area contributed by atoms with Crippen LogP contribution in [0.3, 0.4) is 0 Å². The highest BCUT2D eigenvalue weighted by atomic mass is 32.2. The summed E-state index contributed by atoms with van der Waals surface area (Å²) >= 11 is 1.44. The molecular formula is C15H21FN4S. The van der Waals surface area contributed by atoms with Gasteiger partial charge in [-0.25, -0.2) is 4.39 Å². The molecule has 0 amide bonds. The zero-order valence-electron chi connectivity index (χ0n) is 12.9. The number of rotatable bonds is 6. The molecule has 0 radical (unpaired) electrons. The minimum atomic E-state index is -0.185. The summed E-state index contributed by atoms with van der Waals surface area (Å²) in [6.07, 6.45) is 0. The third kappa shape index (κ3) is 4.04. The first-order valence-corrected chi connectivity index (χ1v) is 7.82. The summed E-state index contributed by atoms with van der Waals surface area (Å²) < 4.78 is 16.0. The Morgan fingerprint density at radius 1 is 1.33 bits per heavy atom. The summed E-state index contributed by atoms with van der Waals surface area (Å²) in [5.74, 6) is 1.19. The van der Waals surface area contributed by atoms with Crippen molar-refractivity contribution in [3.05, 3.63) is 35.4 Å². The molecule has 0 spiro atoms. The second kappa shape index (κ2) is 7.04. The molecular weight excluding hydrogens is 287 g/mol. The van der Waals surface area contributed by atoms with E-state index in [0.29, 0.717) is 18.0 Å². The fraction of sp³-hybridized carbons (Fsp3) is 0.467. The van der Waals surface area contributed by atoms with Gasteiger partial charge in [0.1, 0.15) is 11.6 Å². The van der Waals surface area contributed by atoms with Gasteiger partial charge in [0.2, 0.25) is 0 Å². The molecule has 1 aromatic carbocycles. The van der Waals surface area contributed by atoms with Crippen LogP contribution in [0.2, 0.25) is 0 Å². The van der Waals surface area contributed by atoms with Crippen LogP contribution in [-0.2, 0) is 13.6 Å². The molecule has 0 unspecified atom stereocenters. The number of nitrogens with zero attached hydrogens (tertiary/aromatic N) is 3. The van der Waals surface area contributed by atoms with Crippen LogP contribution in [0, 0.1) is 18.7 Å². The SMILES string of the molecule is Cc1nnc(Sc2cccc(F)c2CNCC(C)C)n1C. The van der Waals surface area contributed by atoms with Gasteiger partial charge in [0.05, 0.1) is 0 Å². The van der Waals surface area contributed by atoms with Crippen molar-refractivity contribution in [1.29, 1.82) is 0 Å². The minimum Gasteiger partial charge on any atom is -0.312 e. The van der Waals surface area contributed by atoms with Gasteiger partial charge in [-0.2, -0.15) is 0 Å². The number of benzene rings is 1. The van der Waals surface area contributed by atoms with E-state index in [-0.39, 0.29) is 5.82 Å². The molecule has 0 bridgehead atoms. The summed E-state index contributed by atoms with van der Waals surface area (Å²) in [7, 11) is 1.91. The van der Waals surface area contributed by atoms with Crippen LogP contribution in [0.5, 0.6) is 0 Å². The number of hydrogen-bond acceptors (Lipinski definition) is 4. The van der Waals surface area contributed by atoms with E-state index in [9.17, 15) is 4.39 Å². The maximum atomic E-state index is 14.1. The Bertz CT molecular complexity index is 610. The molecule has 0 aliphatic carbocycles. The van der Waals surface area contributed by atoms with E-state index < -0.39 is 0 Å². The topological polar surface area (TPSA) is 42.7 Å². The van der Waals surface area contributed by atoms with E-state index in [2.05, 4.69) is 29.4 Å². The Balaban J connectivity index is 2.19. The Morgan fingerprint density at radius 3 is 2.71 bits per heavy atom. The lowest BCUT2D eigenvalue weighted by atomic mass is 10.2. The van der Waals surface area contributed by atoms with Crippen molar-refractivity contribution in [1.82, 2.24) is 20.1 Å². The Labute approximate surface area is 129 Å². The largest absolute Gasteiger partial charge is 0.312 e. The second-order valence-corrected chi connectivity index (χ2v) is 6.44. The van der Waals surface area contributed by atoms with Crippen LogP contribution in [0.4, 0.5) is 4.39 Å². The van der Waals surface area contributed by atoms with E-state index in [1.807, 2.05) is 24.6 Å². The zero-order chi connectivity index (χ0) is 15.4. The fourth-order valence-electron chi connectivity index (χ4n) is 1.87. The summed E-state index contributed by atoms with van der Waals surface area (Å²) in [4.78, 5) is 0.877. The molecule has 0 aliphatic rings. The monoisotopic (exact) mass is 308 g/mol. The molecule has 114 valence electrons. The summed E-state index contributed by atoms with van der Waals surface area (Å²) in [5.41, 5.74) is 0.684. The van der Waals surface area contributed by atoms with Crippen LogP contribution in [0.1, 0.15) is 25.2 Å². The van der Waals surface area contributed by atoms with Crippen LogP contribution in [0.15, 0.2) is 28.3 Å². The third-order valence-electron chi connectivity index (χ3n) is 3.18. The number of hydrogen-bond donors (Lipinski definition) is 1. The molecule has 6 heteroatoms. The van der Waals surface area contributed by atoms with E-state index in [1.165, 1.54) is 17.8 Å². The first-order valence-electron chi connectivity index (χ1n) is 7.01. The molecule has 4 nitrogen and oxygen atoms in total. The summed E-state index contributed by atoms with van der Waals surface area (Å²) in [6, 6.07) is 5.15. The lowest BCUT2D eigenvalue weighted by Gasteiger charge is -2.12. The maximum Gasteiger partial charge on any atom is 0.195 e. The second-order valence-electron chi connectivity index (χ2n) is 5.43. The highest BCUT2D eigenvalue weighted by Crippen LogP contribution is 2.30. The fourth-order valence-corrected chi connectivity index (χ4v) is 2.85. The standard InChI is InChI=1S/C15H21FN4S/c1-10(2)8-17-9-12-13(16)6-5-7-14(12)21-15-19-18-11(3)20(15)4/h5-7,10,17H,8-9H2,1-4H3. The van der Waals surface area contributed by atoms with Gasteiger partial charge in [0, 0.05) is 24.1 Å². The predicted octanol–water partition coefficient (Wildman–Crippen LogP) is 3.16. The van der Waals surface area contributed by atoms with Crippen molar-refractivity contribution < 1.29 is 4.39 Å². The number of halogens is 1. The molecule has 0 atom stereocenters. The van der Waals surface area contributed by atoms with Gasteiger partial charge in [0.15, 0.2) is 5.16 Å². The molecule has 0 saturated heterocycles. The highest BCUT2D eigenvalue weighted by molar-refractivity contribution is 7.99. The minimum absolute atomic E-state index is 0.185. The van der Waals surface area contributed by atoms with Crippen molar-refractivity contribution in [2.24, 2.45) is 13.0 Å². The van der Waals surface area contributed by atoms with Gasteiger partial charge in [0.25, 0.3) is 0 Å². The average molecular weight is 308 g/mol. The van der Waals surface area contributed by atoms with E-state index in [0.717, 1.165) is 22.4 Å². The van der Waals surface area contributed by atoms with Gasteiger partial charge >= 0.3 is 0 Å². The van der Waals surface area contributed by atoms with Gasteiger partial charge in [-0.15, -0.1) is 10.2 Å². The first kappa shape index (κ1) is 16.0. The molecule has 2 rings (SSSR count). The van der Waals surface area contributed by atoms with Crippen molar-refractivity contribution in [3.8, 4) is 0 Å².